The van der Waals surface area contributed by atoms with Gasteiger partial charge in [-0.15, -0.1) is 0 Å². The van der Waals surface area contributed by atoms with Crippen molar-refractivity contribution >= 4 is 0 Å². The molecule has 0 saturated carbocycles. The molecule has 1 rings (SSSR count). The van der Waals surface area contributed by atoms with E-state index in [2.05, 4.69) is 64.2 Å². The zero-order chi connectivity index (χ0) is 13.6. The monoisotopic (exact) mass is 249 g/mol. The van der Waals surface area contributed by atoms with Crippen LogP contribution in [-0.2, 0) is 4.74 Å². The van der Waals surface area contributed by atoms with Crippen molar-refractivity contribution in [3.8, 4) is 0 Å². The number of benzene rings is 1. The van der Waals surface area contributed by atoms with E-state index < -0.39 is 0 Å². The van der Waals surface area contributed by atoms with E-state index in [4.69, 9.17) is 4.74 Å². The first kappa shape index (κ1) is 15.2. The average Bonchev–Trinajstić information content (AvgIpc) is 2.29. The Morgan fingerprint density at radius 1 is 1.22 bits per heavy atom. The first-order valence-corrected chi connectivity index (χ1v) is 6.86. The molecule has 0 amide bonds. The summed E-state index contributed by atoms with van der Waals surface area (Å²) in [7, 11) is 0. The summed E-state index contributed by atoms with van der Waals surface area (Å²) < 4.78 is 5.99. The maximum Gasteiger partial charge on any atom is 0.0951 e. The Balaban J connectivity index is 2.75. The molecule has 0 aliphatic carbocycles. The quantitative estimate of drug-likeness (QED) is 0.827. The Hall–Kier alpha value is -0.860. The maximum atomic E-state index is 5.99. The smallest absolute Gasteiger partial charge is 0.0951 e. The number of aryl methyl sites for hydroxylation is 1. The zero-order valence-corrected chi connectivity index (χ0v) is 12.4. The third-order valence-corrected chi connectivity index (χ3v) is 2.88. The number of nitrogens with one attached hydrogen (secondary N) is 1. The Labute approximate surface area is 112 Å². The van der Waals surface area contributed by atoms with Gasteiger partial charge in [-0.1, -0.05) is 31.2 Å². The Morgan fingerprint density at radius 2 is 1.89 bits per heavy atom. The molecule has 0 aromatic heterocycles. The SMILES string of the molecule is CCCOC(CNC(C)(C)C)c1ccccc1C. The van der Waals surface area contributed by atoms with Crippen molar-refractivity contribution in [2.24, 2.45) is 0 Å². The van der Waals surface area contributed by atoms with Crippen molar-refractivity contribution in [2.75, 3.05) is 13.2 Å². The van der Waals surface area contributed by atoms with Crippen LogP contribution >= 0.6 is 0 Å². The molecule has 2 nitrogen and oxygen atoms in total. The highest BCUT2D eigenvalue weighted by molar-refractivity contribution is 5.28. The second-order valence-electron chi connectivity index (χ2n) is 5.85. The van der Waals surface area contributed by atoms with E-state index in [9.17, 15) is 0 Å². The summed E-state index contributed by atoms with van der Waals surface area (Å²) in [5.41, 5.74) is 2.72. The minimum atomic E-state index is 0.122. The van der Waals surface area contributed by atoms with Crippen LogP contribution in [0.15, 0.2) is 24.3 Å². The molecule has 0 radical (unpaired) electrons. The predicted molar refractivity (Wildman–Crippen MR) is 77.9 cm³/mol. The van der Waals surface area contributed by atoms with Gasteiger partial charge in [0.15, 0.2) is 0 Å². The standard InChI is InChI=1S/C16H27NO/c1-6-11-18-15(12-17-16(3,4)5)14-10-8-7-9-13(14)2/h7-10,15,17H,6,11-12H2,1-5H3. The molecule has 0 fully saturated rings. The molecule has 2 heteroatoms. The van der Waals surface area contributed by atoms with Gasteiger partial charge in [0.05, 0.1) is 6.10 Å². The summed E-state index contributed by atoms with van der Waals surface area (Å²) in [6.07, 6.45) is 1.20. The molecule has 0 heterocycles. The van der Waals surface area contributed by atoms with Gasteiger partial charge < -0.3 is 10.1 Å². The van der Waals surface area contributed by atoms with Crippen LogP contribution in [0.1, 0.15) is 51.3 Å². The summed E-state index contributed by atoms with van der Waals surface area (Å²) in [4.78, 5) is 0. The fourth-order valence-electron chi connectivity index (χ4n) is 1.87. The summed E-state index contributed by atoms with van der Waals surface area (Å²) in [6, 6.07) is 8.48. The van der Waals surface area contributed by atoms with Crippen LogP contribution < -0.4 is 5.32 Å². The van der Waals surface area contributed by atoms with Crippen LogP contribution in [0.2, 0.25) is 0 Å². The van der Waals surface area contributed by atoms with E-state index in [0.29, 0.717) is 0 Å². The van der Waals surface area contributed by atoms with Gasteiger partial charge in [-0.3, -0.25) is 0 Å². The van der Waals surface area contributed by atoms with Crippen LogP contribution in [0.4, 0.5) is 0 Å². The van der Waals surface area contributed by atoms with Crippen molar-refractivity contribution in [3.63, 3.8) is 0 Å². The molecule has 1 aromatic carbocycles. The van der Waals surface area contributed by atoms with Gasteiger partial charge in [-0.2, -0.15) is 0 Å². The van der Waals surface area contributed by atoms with Crippen LogP contribution in [0.3, 0.4) is 0 Å². The minimum Gasteiger partial charge on any atom is -0.372 e. The minimum absolute atomic E-state index is 0.122. The highest BCUT2D eigenvalue weighted by Crippen LogP contribution is 2.21. The van der Waals surface area contributed by atoms with E-state index in [0.717, 1.165) is 19.6 Å². The van der Waals surface area contributed by atoms with Gasteiger partial charge in [0, 0.05) is 18.7 Å². The number of ether oxygens (including phenoxy) is 1. The van der Waals surface area contributed by atoms with Crippen molar-refractivity contribution in [1.29, 1.82) is 0 Å². The number of hydrogen-bond donors (Lipinski definition) is 1. The molecule has 0 bridgehead atoms. The van der Waals surface area contributed by atoms with Gasteiger partial charge in [0.2, 0.25) is 0 Å². The van der Waals surface area contributed by atoms with Gasteiger partial charge in [-0.25, -0.2) is 0 Å². The highest BCUT2D eigenvalue weighted by Gasteiger charge is 2.17. The third kappa shape index (κ3) is 5.19. The molecule has 1 atom stereocenters. The maximum absolute atomic E-state index is 5.99. The zero-order valence-electron chi connectivity index (χ0n) is 12.4. The van der Waals surface area contributed by atoms with Crippen LogP contribution in [0.25, 0.3) is 0 Å². The lowest BCUT2D eigenvalue weighted by atomic mass is 10.0. The van der Waals surface area contributed by atoms with Crippen molar-refractivity contribution < 1.29 is 4.74 Å². The van der Waals surface area contributed by atoms with E-state index in [1.807, 2.05) is 0 Å². The molecule has 1 N–H and O–H groups in total. The lowest BCUT2D eigenvalue weighted by molar-refractivity contribution is 0.0483. The average molecular weight is 249 g/mol. The van der Waals surface area contributed by atoms with Gasteiger partial charge in [-0.05, 0) is 45.2 Å². The van der Waals surface area contributed by atoms with E-state index in [1.54, 1.807) is 0 Å². The Morgan fingerprint density at radius 3 is 2.44 bits per heavy atom. The molecule has 18 heavy (non-hydrogen) atoms. The molecule has 0 saturated heterocycles. The number of hydrogen-bond acceptors (Lipinski definition) is 2. The normalized spacial score (nSPS) is 13.6. The van der Waals surface area contributed by atoms with Crippen molar-refractivity contribution in [1.82, 2.24) is 5.32 Å². The van der Waals surface area contributed by atoms with Crippen LogP contribution in [0, 0.1) is 6.92 Å². The molecule has 0 spiro atoms. The first-order chi connectivity index (χ1) is 8.44. The van der Waals surface area contributed by atoms with E-state index in [1.165, 1.54) is 11.1 Å². The van der Waals surface area contributed by atoms with E-state index in [-0.39, 0.29) is 11.6 Å². The van der Waals surface area contributed by atoms with E-state index >= 15 is 0 Å². The molecule has 0 aliphatic rings. The largest absolute Gasteiger partial charge is 0.372 e. The molecule has 0 aliphatic heterocycles. The summed E-state index contributed by atoms with van der Waals surface area (Å²) >= 11 is 0. The van der Waals surface area contributed by atoms with Crippen molar-refractivity contribution in [2.45, 2.75) is 52.7 Å². The molecule has 1 unspecified atom stereocenters. The topological polar surface area (TPSA) is 21.3 Å². The molecule has 102 valence electrons. The summed E-state index contributed by atoms with van der Waals surface area (Å²) in [5, 5.41) is 3.53. The number of rotatable bonds is 6. The summed E-state index contributed by atoms with van der Waals surface area (Å²) in [5.74, 6) is 0. The second kappa shape index (κ2) is 6.91. The van der Waals surface area contributed by atoms with Gasteiger partial charge in [0.1, 0.15) is 0 Å². The summed E-state index contributed by atoms with van der Waals surface area (Å²) in [6.45, 7) is 12.5. The third-order valence-electron chi connectivity index (χ3n) is 2.88. The molecule has 1 aromatic rings. The van der Waals surface area contributed by atoms with Crippen LogP contribution in [-0.4, -0.2) is 18.7 Å². The lowest BCUT2D eigenvalue weighted by Gasteiger charge is -2.26. The fourth-order valence-corrected chi connectivity index (χ4v) is 1.87. The fraction of sp³-hybridized carbons (Fsp3) is 0.625. The van der Waals surface area contributed by atoms with Crippen LogP contribution in [0.5, 0.6) is 0 Å². The predicted octanol–water partition coefficient (Wildman–Crippen LogP) is 3.85. The highest BCUT2D eigenvalue weighted by atomic mass is 16.5. The van der Waals surface area contributed by atoms with Gasteiger partial charge >= 0.3 is 0 Å². The Kier molecular flexibility index (Phi) is 5.83. The molecular weight excluding hydrogens is 222 g/mol. The molecular formula is C16H27NO. The van der Waals surface area contributed by atoms with Crippen molar-refractivity contribution in [3.05, 3.63) is 35.4 Å². The van der Waals surface area contributed by atoms with Gasteiger partial charge in [0.25, 0.3) is 0 Å². The lowest BCUT2D eigenvalue weighted by Crippen LogP contribution is -2.39. The Bertz CT molecular complexity index is 354. The first-order valence-electron chi connectivity index (χ1n) is 6.86. The second-order valence-corrected chi connectivity index (χ2v) is 5.85.